The smallest absolute Gasteiger partial charge is 0.326 e. The lowest BCUT2D eigenvalue weighted by Crippen LogP contribution is -2.30. The first-order valence-corrected chi connectivity index (χ1v) is 8.86. The third kappa shape index (κ3) is 3.61. The number of benzene rings is 1. The van der Waals surface area contributed by atoms with E-state index >= 15 is 0 Å². The average Bonchev–Trinajstić information content (AvgIpc) is 3.44. The number of para-hydroxylation sites is 2. The van der Waals surface area contributed by atoms with Crippen molar-refractivity contribution >= 4 is 22.8 Å². The minimum atomic E-state index is -0.195. The summed E-state index contributed by atoms with van der Waals surface area (Å²) < 4.78 is 1.62. The number of carbonyl (C=O) groups is 1. The lowest BCUT2D eigenvalue weighted by molar-refractivity contribution is 0.0952. The third-order valence-corrected chi connectivity index (χ3v) is 4.60. The summed E-state index contributed by atoms with van der Waals surface area (Å²) in [5.41, 5.74) is 1.96. The molecule has 4 rings (SSSR count). The number of pyridine rings is 1. The van der Waals surface area contributed by atoms with Gasteiger partial charge in [-0.05, 0) is 43.0 Å². The van der Waals surface area contributed by atoms with Gasteiger partial charge in [0.25, 0.3) is 5.91 Å². The van der Waals surface area contributed by atoms with Gasteiger partial charge in [0.05, 0.1) is 16.6 Å². The minimum absolute atomic E-state index is 0.173. The van der Waals surface area contributed by atoms with Crippen LogP contribution < -0.4 is 16.3 Å². The number of imidazole rings is 1. The van der Waals surface area contributed by atoms with Crippen LogP contribution in [0.3, 0.4) is 0 Å². The Hall–Kier alpha value is -3.09. The Labute approximate surface area is 150 Å². The molecule has 3 aromatic rings. The van der Waals surface area contributed by atoms with Gasteiger partial charge in [0.1, 0.15) is 5.82 Å². The molecule has 2 aromatic heterocycles. The maximum Gasteiger partial charge on any atom is 0.326 e. The zero-order chi connectivity index (χ0) is 17.9. The summed E-state index contributed by atoms with van der Waals surface area (Å²) in [5, 5.41) is 6.11. The molecule has 26 heavy (non-hydrogen) atoms. The second-order valence-corrected chi connectivity index (χ2v) is 6.61. The fourth-order valence-electron chi connectivity index (χ4n) is 2.92. The first-order valence-electron chi connectivity index (χ1n) is 8.86. The van der Waals surface area contributed by atoms with Crippen molar-refractivity contribution in [2.24, 2.45) is 5.92 Å². The molecule has 0 unspecified atom stereocenters. The zero-order valence-electron chi connectivity index (χ0n) is 14.4. The highest BCUT2D eigenvalue weighted by Crippen LogP contribution is 2.28. The van der Waals surface area contributed by atoms with Crippen molar-refractivity contribution < 1.29 is 4.79 Å². The number of carbonyl (C=O) groups excluding carboxylic acids is 1. The van der Waals surface area contributed by atoms with Crippen LogP contribution in [-0.2, 0) is 6.54 Å². The summed E-state index contributed by atoms with van der Waals surface area (Å²) in [6.07, 6.45) is 4.14. The van der Waals surface area contributed by atoms with Gasteiger partial charge in [0, 0.05) is 25.8 Å². The van der Waals surface area contributed by atoms with E-state index in [1.165, 1.54) is 12.8 Å². The van der Waals surface area contributed by atoms with Crippen LogP contribution in [0.15, 0.2) is 47.4 Å². The van der Waals surface area contributed by atoms with E-state index in [4.69, 9.17) is 0 Å². The molecule has 3 N–H and O–H groups in total. The van der Waals surface area contributed by atoms with Crippen LogP contribution in [-0.4, -0.2) is 33.5 Å². The fourth-order valence-corrected chi connectivity index (χ4v) is 2.92. The molecule has 7 heteroatoms. The van der Waals surface area contributed by atoms with E-state index in [1.807, 2.05) is 30.3 Å². The lowest BCUT2D eigenvalue weighted by atomic mass is 10.2. The number of aromatic nitrogens is 3. The highest BCUT2D eigenvalue weighted by Gasteiger charge is 2.20. The van der Waals surface area contributed by atoms with Crippen LogP contribution in [0, 0.1) is 5.92 Å². The van der Waals surface area contributed by atoms with E-state index in [0.29, 0.717) is 18.7 Å². The van der Waals surface area contributed by atoms with Gasteiger partial charge in [-0.1, -0.05) is 12.1 Å². The molecular formula is C19H21N5O2. The molecule has 0 saturated heterocycles. The van der Waals surface area contributed by atoms with Crippen molar-refractivity contribution in [2.45, 2.75) is 19.4 Å². The van der Waals surface area contributed by atoms with Crippen LogP contribution >= 0.6 is 0 Å². The Morgan fingerprint density at radius 2 is 2.08 bits per heavy atom. The number of rotatable bonds is 7. The molecule has 1 fully saturated rings. The largest absolute Gasteiger partial charge is 0.370 e. The molecule has 0 atom stereocenters. The molecule has 1 aliphatic carbocycles. The van der Waals surface area contributed by atoms with E-state index < -0.39 is 0 Å². The molecule has 0 bridgehead atoms. The molecule has 134 valence electrons. The van der Waals surface area contributed by atoms with Crippen LogP contribution in [0.2, 0.25) is 0 Å². The second kappa shape index (κ2) is 7.03. The second-order valence-electron chi connectivity index (χ2n) is 6.61. The molecular weight excluding hydrogens is 330 g/mol. The van der Waals surface area contributed by atoms with E-state index in [0.717, 1.165) is 29.3 Å². The summed E-state index contributed by atoms with van der Waals surface area (Å²) in [6, 6.07) is 11.1. The summed E-state index contributed by atoms with van der Waals surface area (Å²) in [7, 11) is 0. The maximum absolute atomic E-state index is 12.2. The molecule has 1 saturated carbocycles. The van der Waals surface area contributed by atoms with E-state index in [2.05, 4.69) is 20.6 Å². The Morgan fingerprint density at radius 3 is 2.85 bits per heavy atom. The number of amides is 1. The minimum Gasteiger partial charge on any atom is -0.370 e. The van der Waals surface area contributed by atoms with Gasteiger partial charge in [-0.15, -0.1) is 0 Å². The molecule has 2 heterocycles. The zero-order valence-corrected chi connectivity index (χ0v) is 14.4. The summed E-state index contributed by atoms with van der Waals surface area (Å²) >= 11 is 0. The highest BCUT2D eigenvalue weighted by molar-refractivity contribution is 5.94. The van der Waals surface area contributed by atoms with Crippen LogP contribution in [0.25, 0.3) is 11.0 Å². The quantitative estimate of drug-likeness (QED) is 0.607. The van der Waals surface area contributed by atoms with Gasteiger partial charge in [0.2, 0.25) is 0 Å². The number of fused-ring (bicyclic) bond motifs is 1. The number of nitrogens with zero attached hydrogens (tertiary/aromatic N) is 2. The number of hydrogen-bond donors (Lipinski definition) is 3. The highest BCUT2D eigenvalue weighted by atomic mass is 16.2. The van der Waals surface area contributed by atoms with Gasteiger partial charge >= 0.3 is 5.69 Å². The topological polar surface area (TPSA) is 91.8 Å². The van der Waals surface area contributed by atoms with E-state index in [9.17, 15) is 9.59 Å². The fraction of sp³-hybridized carbons (Fsp3) is 0.316. The van der Waals surface area contributed by atoms with Crippen molar-refractivity contribution in [3.8, 4) is 0 Å². The predicted octanol–water partition coefficient (Wildman–Crippen LogP) is 1.98. The van der Waals surface area contributed by atoms with E-state index in [1.54, 1.807) is 16.8 Å². The van der Waals surface area contributed by atoms with Crippen LogP contribution in [0.4, 0.5) is 5.82 Å². The molecule has 0 spiro atoms. The molecule has 1 aromatic carbocycles. The SMILES string of the molecule is O=C(NCCn1c(=O)[nH]c2ccccc21)c1ccc(NCC2CC2)nc1. The number of hydrogen-bond acceptors (Lipinski definition) is 4. The van der Waals surface area contributed by atoms with Crippen molar-refractivity contribution in [1.29, 1.82) is 0 Å². The lowest BCUT2D eigenvalue weighted by Gasteiger charge is -2.08. The van der Waals surface area contributed by atoms with Gasteiger partial charge in [-0.2, -0.15) is 0 Å². The van der Waals surface area contributed by atoms with Crippen molar-refractivity contribution in [3.05, 3.63) is 58.6 Å². The summed E-state index contributed by atoms with van der Waals surface area (Å²) in [6.45, 7) is 1.71. The average molecular weight is 351 g/mol. The van der Waals surface area contributed by atoms with Crippen molar-refractivity contribution in [1.82, 2.24) is 19.9 Å². The number of aromatic amines is 1. The Morgan fingerprint density at radius 1 is 1.23 bits per heavy atom. The third-order valence-electron chi connectivity index (χ3n) is 4.60. The number of H-pyrrole nitrogens is 1. The summed E-state index contributed by atoms with van der Waals surface area (Å²) in [5.74, 6) is 1.37. The summed E-state index contributed by atoms with van der Waals surface area (Å²) in [4.78, 5) is 31.3. The van der Waals surface area contributed by atoms with Gasteiger partial charge in [-0.25, -0.2) is 9.78 Å². The molecule has 1 amide bonds. The first kappa shape index (κ1) is 16.4. The first-order chi connectivity index (χ1) is 12.7. The Kier molecular flexibility index (Phi) is 4.43. The molecule has 0 radical (unpaired) electrons. The maximum atomic E-state index is 12.2. The Balaban J connectivity index is 1.33. The van der Waals surface area contributed by atoms with Gasteiger partial charge in [0.15, 0.2) is 0 Å². The monoisotopic (exact) mass is 351 g/mol. The molecule has 7 nitrogen and oxygen atoms in total. The van der Waals surface area contributed by atoms with Gasteiger partial charge < -0.3 is 15.6 Å². The van der Waals surface area contributed by atoms with E-state index in [-0.39, 0.29) is 11.6 Å². The van der Waals surface area contributed by atoms with Crippen LogP contribution in [0.1, 0.15) is 23.2 Å². The normalized spacial score (nSPS) is 13.7. The van der Waals surface area contributed by atoms with Gasteiger partial charge in [-0.3, -0.25) is 9.36 Å². The number of anilines is 1. The standard InChI is InChI=1S/C19H21N5O2/c25-18(14-7-8-17(22-12-14)21-11-13-5-6-13)20-9-10-24-16-4-2-1-3-15(16)23-19(24)26/h1-4,7-8,12-13H,5-6,9-11H2,(H,20,25)(H,21,22)(H,23,26). The molecule has 1 aliphatic rings. The number of nitrogens with one attached hydrogen (secondary N) is 3. The predicted molar refractivity (Wildman–Crippen MR) is 100 cm³/mol. The Bertz CT molecular complexity index is 970. The van der Waals surface area contributed by atoms with Crippen molar-refractivity contribution in [2.75, 3.05) is 18.4 Å². The van der Waals surface area contributed by atoms with Crippen molar-refractivity contribution in [3.63, 3.8) is 0 Å². The molecule has 0 aliphatic heterocycles. The van der Waals surface area contributed by atoms with Crippen LogP contribution in [0.5, 0.6) is 0 Å².